The monoisotopic (exact) mass is 414 g/mol. The van der Waals surface area contributed by atoms with Gasteiger partial charge >= 0.3 is 13.5 Å². The maximum Gasteiger partial charge on any atom is 0.396 e. The highest BCUT2D eigenvalue weighted by Crippen LogP contribution is 2.42. The molecule has 10 heteroatoms. The first-order valence-corrected chi connectivity index (χ1v) is 10.3. The number of amides is 2. The number of hydrogen-bond acceptors (Lipinski definition) is 6. The van der Waals surface area contributed by atoms with Crippen LogP contribution in [0.15, 0.2) is 24.3 Å². The van der Waals surface area contributed by atoms with Gasteiger partial charge in [-0.15, -0.1) is 0 Å². The molecule has 1 fully saturated rings. The van der Waals surface area contributed by atoms with E-state index in [4.69, 9.17) is 19.2 Å². The van der Waals surface area contributed by atoms with Crippen LogP contribution in [0.4, 0.5) is 10.5 Å². The maximum absolute atomic E-state index is 13.4. The molecule has 0 bridgehead atoms. The van der Waals surface area contributed by atoms with Gasteiger partial charge in [-0.2, -0.15) is 0 Å². The molecule has 1 N–H and O–H groups in total. The molecule has 1 aromatic carbocycles. The summed E-state index contributed by atoms with van der Waals surface area (Å²) in [7, 11) is 1.12. The zero-order valence-electron chi connectivity index (χ0n) is 17.8. The highest BCUT2D eigenvalue weighted by atomic mass is 16.5. The van der Waals surface area contributed by atoms with Gasteiger partial charge in [0.1, 0.15) is 0 Å². The van der Waals surface area contributed by atoms with Gasteiger partial charge in [0.25, 0.3) is 13.3 Å². The van der Waals surface area contributed by atoms with Gasteiger partial charge in [-0.3, -0.25) is 9.69 Å². The second-order valence-corrected chi connectivity index (χ2v) is 7.63. The maximum atomic E-state index is 13.4. The van der Waals surface area contributed by atoms with Crippen molar-refractivity contribution in [3.8, 4) is 11.5 Å². The predicted molar refractivity (Wildman–Crippen MR) is 117 cm³/mol. The lowest BCUT2D eigenvalue weighted by Gasteiger charge is -2.33. The van der Waals surface area contributed by atoms with E-state index in [2.05, 4.69) is 13.5 Å². The molecule has 3 rings (SSSR count). The average molecular weight is 414 g/mol. The first kappa shape index (κ1) is 22.1. The van der Waals surface area contributed by atoms with Crippen molar-refractivity contribution < 1.29 is 28.7 Å². The van der Waals surface area contributed by atoms with Crippen molar-refractivity contribution in [2.75, 3.05) is 25.2 Å². The Hall–Kier alpha value is -2.61. The number of carbonyl (C=O) groups excluding carboxylic acids is 2. The Bertz CT molecular complexity index is 834. The molecule has 30 heavy (non-hydrogen) atoms. The van der Waals surface area contributed by atoms with E-state index < -0.39 is 6.09 Å². The smallest absolute Gasteiger partial charge is 0.396 e. The van der Waals surface area contributed by atoms with Crippen LogP contribution in [0.2, 0.25) is 0 Å². The van der Waals surface area contributed by atoms with Crippen molar-refractivity contribution in [2.24, 2.45) is 0 Å². The third-order valence-corrected chi connectivity index (χ3v) is 5.56. The minimum atomic E-state index is -0.616. The van der Waals surface area contributed by atoms with Crippen molar-refractivity contribution in [3.63, 3.8) is 0 Å². The Kier molecular flexibility index (Phi) is 6.97. The number of anilines is 1. The number of benzene rings is 1. The van der Waals surface area contributed by atoms with Crippen molar-refractivity contribution in [1.29, 1.82) is 0 Å². The van der Waals surface area contributed by atoms with E-state index in [0.29, 0.717) is 42.3 Å². The molecule has 0 spiro atoms. The van der Waals surface area contributed by atoms with Crippen LogP contribution in [0.1, 0.15) is 43.5 Å². The number of ether oxygens (including phenoxy) is 2. The Balaban J connectivity index is 2.11. The van der Waals surface area contributed by atoms with Gasteiger partial charge in [-0.25, -0.2) is 4.79 Å². The number of unbranched alkanes of at least 4 members (excludes halogenated alkanes) is 1. The third kappa shape index (κ3) is 4.14. The topological polar surface area (TPSA) is 88.5 Å². The molecule has 0 radical (unpaired) electrons. The highest BCUT2D eigenvalue weighted by Gasteiger charge is 2.44. The number of methoxy groups -OCH3 is 1. The molecule has 1 unspecified atom stereocenters. The molecule has 160 valence electrons. The zero-order valence-corrected chi connectivity index (χ0v) is 17.8. The largest absolute Gasteiger partial charge is 0.529 e. The molecule has 0 saturated carbocycles. The van der Waals surface area contributed by atoms with Crippen LogP contribution in [0, 0.1) is 0 Å². The molecular formula is C20H28B2N2O6. The Morgan fingerprint density at radius 3 is 2.80 bits per heavy atom. The van der Waals surface area contributed by atoms with Crippen LogP contribution in [-0.2, 0) is 4.65 Å². The van der Waals surface area contributed by atoms with Gasteiger partial charge in [0, 0.05) is 12.6 Å². The summed E-state index contributed by atoms with van der Waals surface area (Å²) < 4.78 is 16.6. The number of nitrogens with zero attached hydrogens (tertiary/aromatic N) is 2. The Labute approximate surface area is 178 Å². The predicted octanol–water partition coefficient (Wildman–Crippen LogP) is 1.60. The van der Waals surface area contributed by atoms with Crippen molar-refractivity contribution in [2.45, 2.75) is 45.2 Å². The van der Waals surface area contributed by atoms with E-state index in [1.54, 1.807) is 17.0 Å². The van der Waals surface area contributed by atoms with Crippen LogP contribution in [0.5, 0.6) is 11.5 Å². The molecule has 0 aromatic heterocycles. The van der Waals surface area contributed by atoms with E-state index in [9.17, 15) is 9.59 Å². The normalized spacial score (nSPS) is 20.3. The number of rotatable bonds is 7. The van der Waals surface area contributed by atoms with Crippen LogP contribution in [0.3, 0.4) is 0 Å². The molecule has 2 atom stereocenters. The molecule has 1 saturated heterocycles. The summed E-state index contributed by atoms with van der Waals surface area (Å²) in [5.74, 6) is 0.721. The molecule has 2 aliphatic heterocycles. The zero-order chi connectivity index (χ0) is 21.8. The summed E-state index contributed by atoms with van der Waals surface area (Å²) in [5.41, 5.74) is 1.71. The fourth-order valence-corrected chi connectivity index (χ4v) is 4.01. The van der Waals surface area contributed by atoms with E-state index in [1.165, 1.54) is 12.0 Å². The standard InChI is InChI=1S/C20H28B2N2O6/c1-5-6-7-29-18-10-16-14(9-17(18)28-4)19(25)23-11-12(2)8-15(23)13(3)24(16)20(26)30-22-21-27/h9-10,13,15,21-22,27H,2,5-8,11H2,1,3-4H3/t13?,15-/m0/s1. The number of hydrogen-bond donors (Lipinski definition) is 1. The SMILES string of the molecule is C=C1C[C@H]2C(C)N(C(=O)OBBO)c3cc(OCCCC)c(OC)cc3C(=O)N2C1. The molecule has 0 aliphatic carbocycles. The summed E-state index contributed by atoms with van der Waals surface area (Å²) in [6.07, 6.45) is 1.84. The summed E-state index contributed by atoms with van der Waals surface area (Å²) in [4.78, 5) is 29.6. The average Bonchev–Trinajstić information content (AvgIpc) is 3.10. The summed E-state index contributed by atoms with van der Waals surface area (Å²) >= 11 is 0. The fourth-order valence-electron chi connectivity index (χ4n) is 4.01. The number of fused-ring (bicyclic) bond motifs is 2. The van der Waals surface area contributed by atoms with E-state index >= 15 is 0 Å². The number of carbonyl (C=O) groups is 2. The van der Waals surface area contributed by atoms with Crippen LogP contribution >= 0.6 is 0 Å². The van der Waals surface area contributed by atoms with Gasteiger partial charge in [-0.05, 0) is 25.8 Å². The van der Waals surface area contributed by atoms with Crippen molar-refractivity contribution >= 4 is 32.4 Å². The summed E-state index contributed by atoms with van der Waals surface area (Å²) in [5, 5.41) is 9.08. The second kappa shape index (κ2) is 9.47. The van der Waals surface area contributed by atoms with E-state index in [0.717, 1.165) is 18.4 Å². The second-order valence-electron chi connectivity index (χ2n) is 7.63. The lowest BCUT2D eigenvalue weighted by Crippen LogP contribution is -2.49. The van der Waals surface area contributed by atoms with Crippen LogP contribution in [-0.4, -0.2) is 69.0 Å². The summed E-state index contributed by atoms with van der Waals surface area (Å²) in [6, 6.07) is 2.74. The minimum Gasteiger partial charge on any atom is -0.529 e. The van der Waals surface area contributed by atoms with Crippen LogP contribution in [0.25, 0.3) is 0 Å². The van der Waals surface area contributed by atoms with E-state index in [-0.39, 0.29) is 32.7 Å². The molecule has 2 heterocycles. The van der Waals surface area contributed by atoms with Gasteiger partial charge in [0.2, 0.25) is 0 Å². The van der Waals surface area contributed by atoms with Gasteiger partial charge < -0.3 is 24.1 Å². The Morgan fingerprint density at radius 2 is 2.13 bits per heavy atom. The molecule has 8 nitrogen and oxygen atoms in total. The lowest BCUT2D eigenvalue weighted by atomic mass is 9.65. The van der Waals surface area contributed by atoms with Gasteiger partial charge in [0.15, 0.2) is 11.5 Å². The first-order chi connectivity index (χ1) is 14.4. The van der Waals surface area contributed by atoms with Crippen LogP contribution < -0.4 is 14.4 Å². The van der Waals surface area contributed by atoms with Crippen molar-refractivity contribution in [1.82, 2.24) is 4.90 Å². The first-order valence-electron chi connectivity index (χ1n) is 10.3. The minimum absolute atomic E-state index is 0.123. The quantitative estimate of drug-likeness (QED) is 0.415. The third-order valence-electron chi connectivity index (χ3n) is 5.56. The Morgan fingerprint density at radius 1 is 1.37 bits per heavy atom. The van der Waals surface area contributed by atoms with Gasteiger partial charge in [-0.1, -0.05) is 25.5 Å². The molecule has 1 aromatic rings. The fraction of sp³-hybridized carbons (Fsp3) is 0.500. The van der Waals surface area contributed by atoms with E-state index in [1.807, 2.05) is 6.92 Å². The molecule has 2 aliphatic rings. The molecule has 2 amide bonds. The lowest BCUT2D eigenvalue weighted by molar-refractivity contribution is 0.0732. The van der Waals surface area contributed by atoms with Gasteiger partial charge in [0.05, 0.1) is 37.1 Å². The van der Waals surface area contributed by atoms with Crippen molar-refractivity contribution in [3.05, 3.63) is 29.8 Å². The highest BCUT2D eigenvalue weighted by molar-refractivity contribution is 6.93. The molecular weight excluding hydrogens is 386 g/mol. The summed E-state index contributed by atoms with van der Waals surface area (Å²) in [6.45, 7) is 8.94.